The van der Waals surface area contributed by atoms with E-state index < -0.39 is 0 Å². The molecule has 2 aromatic rings. The summed E-state index contributed by atoms with van der Waals surface area (Å²) in [5.74, 6) is 0.103. The number of amides is 1. The molecule has 0 aliphatic heterocycles. The Morgan fingerprint density at radius 2 is 2.13 bits per heavy atom. The Morgan fingerprint density at radius 1 is 1.40 bits per heavy atom. The molecule has 0 spiro atoms. The van der Waals surface area contributed by atoms with E-state index in [1.54, 1.807) is 24.3 Å². The Hall–Kier alpha value is -2.37. The number of carbonyl (C=O) groups is 1. The molecule has 1 N–H and O–H groups in total. The zero-order valence-electron chi connectivity index (χ0n) is 7.58. The quantitative estimate of drug-likeness (QED) is 0.585. The second-order valence-corrected chi connectivity index (χ2v) is 2.76. The Labute approximate surface area is 84.7 Å². The van der Waals surface area contributed by atoms with Crippen LogP contribution in [-0.2, 0) is 4.79 Å². The summed E-state index contributed by atoms with van der Waals surface area (Å²) in [5, 5.41) is 17.0. The van der Waals surface area contributed by atoms with E-state index in [1.165, 1.54) is 0 Å². The van der Waals surface area contributed by atoms with Crippen LogP contribution >= 0.6 is 0 Å². The van der Waals surface area contributed by atoms with Crippen LogP contribution in [0.25, 0.3) is 11.3 Å². The van der Waals surface area contributed by atoms with Crippen molar-refractivity contribution in [1.29, 1.82) is 0 Å². The van der Waals surface area contributed by atoms with Crippen LogP contribution in [0.1, 0.15) is 0 Å². The topological polar surface area (TPSA) is 82.1 Å². The van der Waals surface area contributed by atoms with E-state index in [-0.39, 0.29) is 16.4 Å². The molecule has 15 heavy (non-hydrogen) atoms. The second-order valence-electron chi connectivity index (χ2n) is 2.76. The lowest BCUT2D eigenvalue weighted by molar-refractivity contribution is -0.793. The van der Waals surface area contributed by atoms with E-state index in [1.807, 2.05) is 6.07 Å². The van der Waals surface area contributed by atoms with E-state index in [0.29, 0.717) is 12.0 Å². The van der Waals surface area contributed by atoms with E-state index >= 15 is 0 Å². The molecular weight excluding hydrogens is 198 g/mol. The molecule has 6 heteroatoms. The van der Waals surface area contributed by atoms with Crippen LogP contribution in [0.15, 0.2) is 35.0 Å². The van der Waals surface area contributed by atoms with Crippen LogP contribution in [0, 0.1) is 5.21 Å². The van der Waals surface area contributed by atoms with Crippen LogP contribution < -0.4 is 10.2 Å². The average molecular weight is 205 g/mol. The number of nitrogens with zero attached hydrogens (tertiary/aromatic N) is 2. The lowest BCUT2D eigenvalue weighted by atomic mass is 10.1. The Bertz CT molecular complexity index is 467. The Morgan fingerprint density at radius 3 is 2.80 bits per heavy atom. The minimum atomic E-state index is 0.103. The molecule has 1 amide bonds. The molecule has 0 saturated carbocycles. The van der Waals surface area contributed by atoms with Gasteiger partial charge in [0.15, 0.2) is 0 Å². The fraction of sp³-hybridized carbons (Fsp3) is 0. The zero-order chi connectivity index (χ0) is 10.7. The van der Waals surface area contributed by atoms with Crippen LogP contribution in [0.2, 0.25) is 0 Å². The summed E-state index contributed by atoms with van der Waals surface area (Å²) in [5.41, 5.74) is 0.806. The van der Waals surface area contributed by atoms with Gasteiger partial charge in [0.25, 0.3) is 5.69 Å². The van der Waals surface area contributed by atoms with Crippen molar-refractivity contribution >= 4 is 12.2 Å². The van der Waals surface area contributed by atoms with Gasteiger partial charge in [-0.05, 0) is 4.90 Å². The number of nitrogens with one attached hydrogen (secondary N) is 1. The lowest BCUT2D eigenvalue weighted by Crippen LogP contribution is -2.25. The van der Waals surface area contributed by atoms with Gasteiger partial charge in [0.05, 0.1) is 5.16 Å². The molecule has 6 nitrogen and oxygen atoms in total. The van der Waals surface area contributed by atoms with Crippen molar-refractivity contribution in [1.82, 2.24) is 5.16 Å². The Balaban J connectivity index is 2.51. The molecule has 1 heterocycles. The van der Waals surface area contributed by atoms with Gasteiger partial charge in [0.1, 0.15) is 0 Å². The SMILES string of the molecule is O=CNc1no[n+]([O-])c1-c1ccccc1. The largest absolute Gasteiger partial charge is 0.359 e. The average Bonchev–Trinajstić information content (AvgIpc) is 2.62. The van der Waals surface area contributed by atoms with Gasteiger partial charge in [0, 0.05) is 5.56 Å². The van der Waals surface area contributed by atoms with E-state index in [4.69, 9.17) is 0 Å². The molecule has 0 aliphatic rings. The van der Waals surface area contributed by atoms with Crippen molar-refractivity contribution in [3.63, 3.8) is 0 Å². The highest BCUT2D eigenvalue weighted by atomic mass is 16.8. The van der Waals surface area contributed by atoms with E-state index in [2.05, 4.69) is 15.1 Å². The van der Waals surface area contributed by atoms with Crippen molar-refractivity contribution in [3.05, 3.63) is 35.5 Å². The predicted molar refractivity (Wildman–Crippen MR) is 50.6 cm³/mol. The molecule has 0 saturated heterocycles. The number of hydrogen-bond donors (Lipinski definition) is 1. The molecular formula is C9H7N3O3. The van der Waals surface area contributed by atoms with Crippen molar-refractivity contribution in [2.75, 3.05) is 5.32 Å². The highest BCUT2D eigenvalue weighted by Gasteiger charge is 2.19. The molecule has 1 aromatic heterocycles. The first kappa shape index (κ1) is 9.20. The van der Waals surface area contributed by atoms with Crippen molar-refractivity contribution in [3.8, 4) is 11.3 Å². The van der Waals surface area contributed by atoms with Crippen molar-refractivity contribution in [2.24, 2.45) is 0 Å². The minimum absolute atomic E-state index is 0.103. The number of carbonyl (C=O) groups excluding carboxylic acids is 1. The van der Waals surface area contributed by atoms with Gasteiger partial charge in [-0.15, -0.1) is 0 Å². The maximum atomic E-state index is 11.2. The van der Waals surface area contributed by atoms with Gasteiger partial charge in [-0.1, -0.05) is 30.3 Å². The molecule has 0 atom stereocenters. The van der Waals surface area contributed by atoms with Crippen LogP contribution in [-0.4, -0.2) is 11.6 Å². The number of rotatable bonds is 3. The summed E-state index contributed by atoms with van der Waals surface area (Å²) in [4.78, 5) is 10.5. The third kappa shape index (κ3) is 1.64. The fourth-order valence-corrected chi connectivity index (χ4v) is 1.24. The van der Waals surface area contributed by atoms with Gasteiger partial charge in [-0.2, -0.15) is 0 Å². The molecule has 0 unspecified atom stereocenters. The highest BCUT2D eigenvalue weighted by molar-refractivity contribution is 5.78. The summed E-state index contributed by atoms with van der Waals surface area (Å²) < 4.78 is 4.39. The lowest BCUT2D eigenvalue weighted by Gasteiger charge is -1.96. The molecule has 0 bridgehead atoms. The second kappa shape index (κ2) is 3.79. The summed E-state index contributed by atoms with van der Waals surface area (Å²) in [7, 11) is 0. The Kier molecular flexibility index (Phi) is 2.32. The smallest absolute Gasteiger partial charge is 0.321 e. The first-order chi connectivity index (χ1) is 7.33. The van der Waals surface area contributed by atoms with Gasteiger partial charge in [-0.3, -0.25) is 14.7 Å². The molecule has 0 fully saturated rings. The normalized spacial score (nSPS) is 9.87. The first-order valence-electron chi connectivity index (χ1n) is 4.18. The third-order valence-corrected chi connectivity index (χ3v) is 1.86. The summed E-state index contributed by atoms with van der Waals surface area (Å²) in [6, 6.07) is 8.80. The van der Waals surface area contributed by atoms with Crippen molar-refractivity contribution < 1.29 is 14.3 Å². The summed E-state index contributed by atoms with van der Waals surface area (Å²) >= 11 is 0. The monoisotopic (exact) mass is 205 g/mol. The highest BCUT2D eigenvalue weighted by Crippen LogP contribution is 2.21. The van der Waals surface area contributed by atoms with Crippen LogP contribution in [0.3, 0.4) is 0 Å². The maximum Gasteiger partial charge on any atom is 0.321 e. The summed E-state index contributed by atoms with van der Waals surface area (Å²) in [6.07, 6.45) is 0.435. The van der Waals surface area contributed by atoms with Gasteiger partial charge in [0.2, 0.25) is 6.41 Å². The molecule has 0 radical (unpaired) electrons. The van der Waals surface area contributed by atoms with Crippen molar-refractivity contribution in [2.45, 2.75) is 0 Å². The molecule has 76 valence electrons. The van der Waals surface area contributed by atoms with Crippen LogP contribution in [0.4, 0.5) is 5.82 Å². The summed E-state index contributed by atoms with van der Waals surface area (Å²) in [6.45, 7) is 0. The molecule has 1 aromatic carbocycles. The van der Waals surface area contributed by atoms with Gasteiger partial charge in [-0.25, -0.2) is 0 Å². The van der Waals surface area contributed by atoms with E-state index in [9.17, 15) is 10.0 Å². The van der Waals surface area contributed by atoms with Crippen LogP contribution in [0.5, 0.6) is 0 Å². The predicted octanol–water partition coefficient (Wildman–Crippen LogP) is 0.543. The number of aromatic nitrogens is 2. The first-order valence-corrected chi connectivity index (χ1v) is 4.18. The van der Waals surface area contributed by atoms with E-state index in [0.717, 1.165) is 0 Å². The van der Waals surface area contributed by atoms with Gasteiger partial charge < -0.3 is 5.21 Å². The number of benzene rings is 1. The fourth-order valence-electron chi connectivity index (χ4n) is 1.24. The minimum Gasteiger partial charge on any atom is -0.359 e. The standard InChI is InChI=1S/C9H7N3O3/c13-6-10-9-8(12(14)15-11-9)7-4-2-1-3-5-7/h1-6H,(H,10,11,13). The zero-order valence-corrected chi connectivity index (χ0v) is 7.58. The molecule has 2 rings (SSSR count). The number of anilines is 1. The maximum absolute atomic E-state index is 11.2. The third-order valence-electron chi connectivity index (χ3n) is 1.86. The number of hydrogen-bond acceptors (Lipinski definition) is 4. The van der Waals surface area contributed by atoms with Gasteiger partial charge >= 0.3 is 5.82 Å². The molecule has 0 aliphatic carbocycles.